The lowest BCUT2D eigenvalue weighted by atomic mass is 9.84. The Morgan fingerprint density at radius 2 is 1.27 bits per heavy atom. The van der Waals surface area contributed by atoms with Crippen molar-refractivity contribution in [2.45, 2.75) is 99.3 Å². The number of hydrogen-bond donors (Lipinski definition) is 3. The number of rotatable bonds is 10. The standard InChI is InChI=1S/C23H40O3/c1-7-23(5,6)15-11-9-12-17-18(13-8-10-14-22(2,3)4)21(26)20(25)16-19(17)24/h16,24-26H,7-15H2,1-6H3. The Labute approximate surface area is 160 Å². The van der Waals surface area contributed by atoms with Crippen molar-refractivity contribution in [3.05, 3.63) is 17.2 Å². The van der Waals surface area contributed by atoms with E-state index in [1.165, 1.54) is 6.07 Å². The van der Waals surface area contributed by atoms with Gasteiger partial charge in [-0.05, 0) is 49.4 Å². The van der Waals surface area contributed by atoms with E-state index in [0.29, 0.717) is 17.3 Å². The molecule has 0 aliphatic heterocycles. The molecule has 0 unspecified atom stereocenters. The lowest BCUT2D eigenvalue weighted by molar-refractivity contribution is 0.309. The number of hydrogen-bond acceptors (Lipinski definition) is 3. The minimum Gasteiger partial charge on any atom is -0.508 e. The zero-order chi connectivity index (χ0) is 20.0. The predicted octanol–water partition coefficient (Wildman–Crippen LogP) is 6.71. The molecule has 1 aromatic rings. The van der Waals surface area contributed by atoms with Crippen molar-refractivity contribution >= 4 is 0 Å². The van der Waals surface area contributed by atoms with E-state index in [1.807, 2.05) is 0 Å². The molecule has 0 amide bonds. The van der Waals surface area contributed by atoms with Crippen molar-refractivity contribution in [1.82, 2.24) is 0 Å². The van der Waals surface area contributed by atoms with Crippen LogP contribution in [0.4, 0.5) is 0 Å². The van der Waals surface area contributed by atoms with E-state index in [1.54, 1.807) is 0 Å². The average molecular weight is 365 g/mol. The van der Waals surface area contributed by atoms with Crippen molar-refractivity contribution < 1.29 is 15.3 Å². The monoisotopic (exact) mass is 364 g/mol. The Morgan fingerprint density at radius 3 is 1.81 bits per heavy atom. The molecule has 1 aromatic carbocycles. The summed E-state index contributed by atoms with van der Waals surface area (Å²) in [4.78, 5) is 0. The van der Waals surface area contributed by atoms with Crippen molar-refractivity contribution in [1.29, 1.82) is 0 Å². The van der Waals surface area contributed by atoms with Crippen LogP contribution in [0.15, 0.2) is 6.07 Å². The van der Waals surface area contributed by atoms with E-state index in [2.05, 4.69) is 41.5 Å². The van der Waals surface area contributed by atoms with Crippen molar-refractivity contribution in [3.8, 4) is 17.2 Å². The van der Waals surface area contributed by atoms with E-state index >= 15 is 0 Å². The third-order valence-corrected chi connectivity index (χ3v) is 5.57. The quantitative estimate of drug-likeness (QED) is 0.245. The Bertz CT molecular complexity index is 568. The highest BCUT2D eigenvalue weighted by Gasteiger charge is 2.19. The van der Waals surface area contributed by atoms with Crippen LogP contribution in [0.5, 0.6) is 17.2 Å². The summed E-state index contributed by atoms with van der Waals surface area (Å²) in [5, 5.41) is 30.5. The molecule has 3 N–H and O–H groups in total. The van der Waals surface area contributed by atoms with Gasteiger partial charge in [0.1, 0.15) is 5.75 Å². The number of unbranched alkanes of at least 4 members (excludes halogenated alkanes) is 2. The van der Waals surface area contributed by atoms with E-state index in [9.17, 15) is 15.3 Å². The molecule has 0 aliphatic carbocycles. The van der Waals surface area contributed by atoms with Gasteiger partial charge in [0.15, 0.2) is 11.5 Å². The molecule has 0 saturated heterocycles. The summed E-state index contributed by atoms with van der Waals surface area (Å²) in [5.74, 6) is -0.160. The molecular formula is C23H40O3. The highest BCUT2D eigenvalue weighted by molar-refractivity contribution is 5.55. The lowest BCUT2D eigenvalue weighted by Crippen LogP contribution is -2.09. The van der Waals surface area contributed by atoms with Gasteiger partial charge in [-0.1, -0.05) is 60.8 Å². The Morgan fingerprint density at radius 1 is 0.731 bits per heavy atom. The Balaban J connectivity index is 2.75. The summed E-state index contributed by atoms with van der Waals surface area (Å²) in [6, 6.07) is 1.28. The van der Waals surface area contributed by atoms with Crippen LogP contribution in [0, 0.1) is 10.8 Å². The molecule has 0 fully saturated rings. The molecular weight excluding hydrogens is 324 g/mol. The fourth-order valence-corrected chi connectivity index (χ4v) is 3.32. The molecule has 0 radical (unpaired) electrons. The van der Waals surface area contributed by atoms with Crippen LogP contribution in [0.1, 0.15) is 97.6 Å². The molecule has 3 heteroatoms. The first-order valence-corrected chi connectivity index (χ1v) is 10.2. The van der Waals surface area contributed by atoms with Gasteiger partial charge in [-0.2, -0.15) is 0 Å². The molecule has 0 spiro atoms. The number of phenolic OH excluding ortho intramolecular Hbond substituents is 3. The van der Waals surface area contributed by atoms with E-state index in [0.717, 1.165) is 62.5 Å². The Hall–Kier alpha value is -1.38. The van der Waals surface area contributed by atoms with Crippen LogP contribution in [-0.4, -0.2) is 15.3 Å². The highest BCUT2D eigenvalue weighted by Crippen LogP contribution is 2.39. The van der Waals surface area contributed by atoms with Gasteiger partial charge in [-0.15, -0.1) is 0 Å². The van der Waals surface area contributed by atoms with Crippen LogP contribution < -0.4 is 0 Å². The molecule has 26 heavy (non-hydrogen) atoms. The summed E-state index contributed by atoms with van der Waals surface area (Å²) < 4.78 is 0. The fraction of sp³-hybridized carbons (Fsp3) is 0.739. The van der Waals surface area contributed by atoms with Gasteiger partial charge in [0.2, 0.25) is 0 Å². The normalized spacial score (nSPS) is 12.5. The maximum absolute atomic E-state index is 10.3. The van der Waals surface area contributed by atoms with E-state index in [4.69, 9.17) is 0 Å². The van der Waals surface area contributed by atoms with Crippen LogP contribution in [-0.2, 0) is 12.8 Å². The second-order valence-electron chi connectivity index (χ2n) is 9.71. The number of benzene rings is 1. The molecule has 0 bridgehead atoms. The van der Waals surface area contributed by atoms with Gasteiger partial charge in [-0.3, -0.25) is 0 Å². The predicted molar refractivity (Wildman–Crippen MR) is 110 cm³/mol. The Kier molecular flexibility index (Phi) is 8.30. The van der Waals surface area contributed by atoms with Crippen molar-refractivity contribution in [2.24, 2.45) is 10.8 Å². The molecule has 150 valence electrons. The third-order valence-electron chi connectivity index (χ3n) is 5.57. The van der Waals surface area contributed by atoms with Gasteiger partial charge >= 0.3 is 0 Å². The lowest BCUT2D eigenvalue weighted by Gasteiger charge is -2.22. The van der Waals surface area contributed by atoms with Gasteiger partial charge < -0.3 is 15.3 Å². The summed E-state index contributed by atoms with van der Waals surface area (Å²) in [7, 11) is 0. The minimum absolute atomic E-state index is 0.0533. The number of aromatic hydroxyl groups is 3. The highest BCUT2D eigenvalue weighted by atomic mass is 16.3. The molecule has 0 aliphatic rings. The molecule has 0 saturated carbocycles. The largest absolute Gasteiger partial charge is 0.508 e. The summed E-state index contributed by atoms with van der Waals surface area (Å²) in [5.41, 5.74) is 2.20. The SMILES string of the molecule is CCC(C)(C)CCCCc1c(O)cc(O)c(O)c1CCCCC(C)(C)C. The molecule has 0 heterocycles. The molecule has 3 nitrogen and oxygen atoms in total. The van der Waals surface area contributed by atoms with E-state index in [-0.39, 0.29) is 17.2 Å². The van der Waals surface area contributed by atoms with E-state index < -0.39 is 0 Å². The van der Waals surface area contributed by atoms with Gasteiger partial charge in [0, 0.05) is 17.2 Å². The van der Waals surface area contributed by atoms with Gasteiger partial charge in [0.05, 0.1) is 0 Å². The summed E-state index contributed by atoms with van der Waals surface area (Å²) in [6.45, 7) is 13.5. The van der Waals surface area contributed by atoms with Crippen molar-refractivity contribution in [2.75, 3.05) is 0 Å². The average Bonchev–Trinajstić information content (AvgIpc) is 2.53. The zero-order valence-corrected chi connectivity index (χ0v) is 17.8. The first-order valence-electron chi connectivity index (χ1n) is 10.2. The van der Waals surface area contributed by atoms with Crippen LogP contribution >= 0.6 is 0 Å². The third kappa shape index (κ3) is 7.47. The fourth-order valence-electron chi connectivity index (χ4n) is 3.32. The van der Waals surface area contributed by atoms with Crippen LogP contribution in [0.3, 0.4) is 0 Å². The van der Waals surface area contributed by atoms with Gasteiger partial charge in [-0.25, -0.2) is 0 Å². The van der Waals surface area contributed by atoms with Crippen LogP contribution in [0.25, 0.3) is 0 Å². The summed E-state index contributed by atoms with van der Waals surface area (Å²) in [6.07, 6.45) is 8.99. The smallest absolute Gasteiger partial charge is 0.161 e. The van der Waals surface area contributed by atoms with Crippen LogP contribution in [0.2, 0.25) is 0 Å². The second-order valence-corrected chi connectivity index (χ2v) is 9.71. The molecule has 0 atom stereocenters. The number of phenols is 3. The van der Waals surface area contributed by atoms with Crippen molar-refractivity contribution in [3.63, 3.8) is 0 Å². The molecule has 1 rings (SSSR count). The topological polar surface area (TPSA) is 60.7 Å². The first kappa shape index (κ1) is 22.7. The molecule has 0 aromatic heterocycles. The van der Waals surface area contributed by atoms with Gasteiger partial charge in [0.25, 0.3) is 0 Å². The first-order chi connectivity index (χ1) is 12.0. The summed E-state index contributed by atoms with van der Waals surface area (Å²) >= 11 is 0. The maximum atomic E-state index is 10.3. The zero-order valence-electron chi connectivity index (χ0n) is 17.8. The minimum atomic E-state index is -0.218. The maximum Gasteiger partial charge on any atom is 0.161 e. The second kappa shape index (κ2) is 9.53.